The monoisotopic (exact) mass is 272 g/mol. The average molecular weight is 272 g/mol. The normalized spacial score (nSPS) is 10.7. The molecule has 0 aliphatic heterocycles. The Bertz CT molecular complexity index is 717. The maximum Gasteiger partial charge on any atom is 0.237 e. The lowest BCUT2D eigenvalue weighted by molar-refractivity contribution is 0.120. The van der Waals surface area contributed by atoms with E-state index in [2.05, 4.69) is 10.1 Å². The van der Waals surface area contributed by atoms with Gasteiger partial charge in [0, 0.05) is 30.2 Å². The van der Waals surface area contributed by atoms with Crippen molar-refractivity contribution in [2.45, 2.75) is 0 Å². The molecule has 0 spiro atoms. The zero-order valence-electron chi connectivity index (χ0n) is 10.6. The molecule has 0 aromatic carbocycles. The highest BCUT2D eigenvalue weighted by molar-refractivity contribution is 5.70. The Hall–Kier alpha value is -2.96. The highest BCUT2D eigenvalue weighted by atomic mass is 16.7. The summed E-state index contributed by atoms with van der Waals surface area (Å²) in [6.07, 6.45) is 5.04. The highest BCUT2D eigenvalue weighted by Crippen LogP contribution is 2.34. The lowest BCUT2D eigenvalue weighted by Gasteiger charge is -2.04. The molecule has 0 fully saturated rings. The quantitative estimate of drug-likeness (QED) is 0.748. The molecule has 0 amide bonds. The van der Waals surface area contributed by atoms with Gasteiger partial charge in [0.1, 0.15) is 7.11 Å². The van der Waals surface area contributed by atoms with Crippen LogP contribution in [0.5, 0.6) is 11.8 Å². The minimum atomic E-state index is -0.184. The third-order valence-electron chi connectivity index (χ3n) is 2.90. The molecular formula is C13H12N4O3. The number of rotatable bonds is 3. The van der Waals surface area contributed by atoms with Crippen LogP contribution in [0, 0.1) is 0 Å². The summed E-state index contributed by atoms with van der Waals surface area (Å²) in [6, 6.07) is 6.75. The van der Waals surface area contributed by atoms with E-state index in [1.165, 1.54) is 13.2 Å². The Kier molecular flexibility index (Phi) is 2.79. The third kappa shape index (κ3) is 1.85. The predicted molar refractivity (Wildman–Crippen MR) is 70.6 cm³/mol. The van der Waals surface area contributed by atoms with Gasteiger partial charge in [-0.1, -0.05) is 0 Å². The van der Waals surface area contributed by atoms with Crippen LogP contribution >= 0.6 is 0 Å². The van der Waals surface area contributed by atoms with Crippen LogP contribution in [-0.2, 0) is 0 Å². The van der Waals surface area contributed by atoms with E-state index in [-0.39, 0.29) is 11.8 Å². The highest BCUT2D eigenvalue weighted by Gasteiger charge is 2.16. The maximum absolute atomic E-state index is 9.95. The lowest BCUT2D eigenvalue weighted by atomic mass is 10.1. The summed E-state index contributed by atoms with van der Waals surface area (Å²) < 4.78 is 2.55. The van der Waals surface area contributed by atoms with Crippen LogP contribution in [0.25, 0.3) is 16.9 Å². The Morgan fingerprint density at radius 1 is 1.25 bits per heavy atom. The van der Waals surface area contributed by atoms with Crippen molar-refractivity contribution in [1.82, 2.24) is 19.5 Å². The maximum atomic E-state index is 9.95. The molecule has 0 saturated heterocycles. The van der Waals surface area contributed by atoms with Gasteiger partial charge in [-0.15, -0.1) is 4.73 Å². The van der Waals surface area contributed by atoms with E-state index >= 15 is 0 Å². The number of aromatic hydroxyl groups is 2. The second-order valence-electron chi connectivity index (χ2n) is 4.07. The SMILES string of the molecule is COn1c(O)cc(-c2ccc(-n3cccn3)nc2)c1O. The number of aromatic nitrogens is 4. The molecule has 7 nitrogen and oxygen atoms in total. The molecule has 7 heteroatoms. The molecule has 0 atom stereocenters. The summed E-state index contributed by atoms with van der Waals surface area (Å²) in [5.41, 5.74) is 1.09. The second-order valence-corrected chi connectivity index (χ2v) is 4.07. The Morgan fingerprint density at radius 3 is 2.65 bits per heavy atom. The third-order valence-corrected chi connectivity index (χ3v) is 2.90. The summed E-state index contributed by atoms with van der Waals surface area (Å²) in [7, 11) is 1.35. The second kappa shape index (κ2) is 4.61. The molecule has 20 heavy (non-hydrogen) atoms. The smallest absolute Gasteiger partial charge is 0.237 e. The largest absolute Gasteiger partial charge is 0.492 e. The van der Waals surface area contributed by atoms with Crippen LogP contribution in [0.2, 0.25) is 0 Å². The Morgan fingerprint density at radius 2 is 2.10 bits per heavy atom. The van der Waals surface area contributed by atoms with E-state index in [0.717, 1.165) is 4.73 Å². The Balaban J connectivity index is 2.00. The van der Waals surface area contributed by atoms with Crippen LogP contribution in [0.3, 0.4) is 0 Å². The first-order valence-electron chi connectivity index (χ1n) is 5.85. The van der Waals surface area contributed by atoms with Crippen molar-refractivity contribution in [3.05, 3.63) is 42.9 Å². The van der Waals surface area contributed by atoms with E-state index in [4.69, 9.17) is 4.84 Å². The molecule has 3 aromatic rings. The molecule has 0 aliphatic rings. The fourth-order valence-electron chi connectivity index (χ4n) is 1.95. The van der Waals surface area contributed by atoms with E-state index in [0.29, 0.717) is 16.9 Å². The molecular weight excluding hydrogens is 260 g/mol. The topological polar surface area (TPSA) is 85.3 Å². The number of nitrogens with zero attached hydrogens (tertiary/aromatic N) is 4. The summed E-state index contributed by atoms with van der Waals surface area (Å²) in [4.78, 5) is 9.10. The summed E-state index contributed by atoms with van der Waals surface area (Å²) in [5, 5.41) is 23.6. The number of hydrogen-bond acceptors (Lipinski definition) is 5. The van der Waals surface area contributed by atoms with Crippen LogP contribution in [0.1, 0.15) is 0 Å². The molecule has 2 N–H and O–H groups in total. The van der Waals surface area contributed by atoms with Gasteiger partial charge in [-0.3, -0.25) is 0 Å². The van der Waals surface area contributed by atoms with Gasteiger partial charge in [-0.25, -0.2) is 9.67 Å². The molecule has 3 aromatic heterocycles. The van der Waals surface area contributed by atoms with Crippen molar-refractivity contribution in [2.75, 3.05) is 7.11 Å². The molecule has 3 rings (SSSR count). The molecule has 3 heterocycles. The first-order valence-corrected chi connectivity index (χ1v) is 5.85. The Labute approximate surface area is 114 Å². The first kappa shape index (κ1) is 12.1. The fourth-order valence-corrected chi connectivity index (χ4v) is 1.95. The van der Waals surface area contributed by atoms with Crippen LogP contribution in [0.4, 0.5) is 0 Å². The van der Waals surface area contributed by atoms with E-state index in [1.807, 2.05) is 0 Å². The molecule has 0 aliphatic carbocycles. The van der Waals surface area contributed by atoms with Crippen molar-refractivity contribution in [3.63, 3.8) is 0 Å². The fraction of sp³-hybridized carbons (Fsp3) is 0.0769. The summed E-state index contributed by atoms with van der Waals surface area (Å²) in [6.45, 7) is 0. The van der Waals surface area contributed by atoms with E-state index in [1.54, 1.807) is 41.5 Å². The van der Waals surface area contributed by atoms with Gasteiger partial charge >= 0.3 is 0 Å². The van der Waals surface area contributed by atoms with Crippen LogP contribution in [0.15, 0.2) is 42.9 Å². The summed E-state index contributed by atoms with van der Waals surface area (Å²) in [5.74, 6) is 0.295. The molecule has 0 unspecified atom stereocenters. The van der Waals surface area contributed by atoms with Crippen LogP contribution in [-0.4, -0.2) is 36.8 Å². The van der Waals surface area contributed by atoms with Gasteiger partial charge in [-0.2, -0.15) is 5.10 Å². The zero-order valence-corrected chi connectivity index (χ0v) is 10.6. The van der Waals surface area contributed by atoms with Gasteiger partial charge in [0.25, 0.3) is 0 Å². The lowest BCUT2D eigenvalue weighted by Crippen LogP contribution is -2.03. The minimum Gasteiger partial charge on any atom is -0.492 e. The van der Waals surface area contributed by atoms with Crippen molar-refractivity contribution in [3.8, 4) is 28.7 Å². The number of pyridine rings is 1. The molecule has 0 bridgehead atoms. The molecule has 0 saturated carbocycles. The van der Waals surface area contributed by atoms with Crippen molar-refractivity contribution < 1.29 is 15.1 Å². The van der Waals surface area contributed by atoms with Crippen molar-refractivity contribution in [2.24, 2.45) is 0 Å². The summed E-state index contributed by atoms with van der Waals surface area (Å²) >= 11 is 0. The standard InChI is InChI=1S/C13H12N4O3/c1-20-17-12(18)7-10(13(17)19)9-3-4-11(14-8-9)16-6-2-5-15-16/h2-8,18-19H,1H3. The van der Waals surface area contributed by atoms with Gasteiger partial charge in [0.2, 0.25) is 11.8 Å². The minimum absolute atomic E-state index is 0.182. The van der Waals surface area contributed by atoms with Crippen molar-refractivity contribution >= 4 is 0 Å². The first-order chi connectivity index (χ1) is 9.70. The molecule has 0 radical (unpaired) electrons. The van der Waals surface area contributed by atoms with Gasteiger partial charge < -0.3 is 15.1 Å². The molecule has 102 valence electrons. The average Bonchev–Trinajstić information content (AvgIpc) is 3.08. The zero-order chi connectivity index (χ0) is 14.1. The van der Waals surface area contributed by atoms with Crippen LogP contribution < -0.4 is 4.84 Å². The van der Waals surface area contributed by atoms with Crippen molar-refractivity contribution in [1.29, 1.82) is 0 Å². The van der Waals surface area contributed by atoms with Gasteiger partial charge in [0.15, 0.2) is 5.82 Å². The van der Waals surface area contributed by atoms with E-state index in [9.17, 15) is 10.2 Å². The number of hydrogen-bond donors (Lipinski definition) is 2. The van der Waals surface area contributed by atoms with Gasteiger partial charge in [0.05, 0.1) is 5.56 Å². The predicted octanol–water partition coefficient (Wildman–Crippen LogP) is 1.21. The van der Waals surface area contributed by atoms with Gasteiger partial charge in [-0.05, 0) is 18.2 Å². The van der Waals surface area contributed by atoms with E-state index < -0.39 is 0 Å².